The molecule has 0 saturated carbocycles. The number of fused-ring (bicyclic) bond motifs is 3. The number of aryl methyl sites for hydroxylation is 3. The first-order valence-electron chi connectivity index (χ1n) is 22.4. The minimum Gasteiger partial charge on any atom is -0.445 e. The van der Waals surface area contributed by atoms with Crippen LogP contribution in [0.4, 0.5) is 4.79 Å². The number of carbonyl (C=O) groups excluding carboxylic acids is 5. The molecule has 2 aliphatic rings. The van der Waals surface area contributed by atoms with Gasteiger partial charge in [0.2, 0.25) is 6.08 Å². The maximum atomic E-state index is 12.2. The van der Waals surface area contributed by atoms with Crippen molar-refractivity contribution >= 4 is 93.2 Å². The Labute approximate surface area is 451 Å². The number of isocyanates is 1. The van der Waals surface area contributed by atoms with Crippen LogP contribution in [0.15, 0.2) is 85.0 Å². The molecule has 2 aliphatic carbocycles. The number of carbonyl (C=O) groups is 4. The van der Waals surface area contributed by atoms with Crippen LogP contribution in [-0.2, 0) is 30.7 Å². The Morgan fingerprint density at radius 3 is 1.62 bits per heavy atom. The van der Waals surface area contributed by atoms with Crippen LogP contribution in [0.2, 0.25) is 0 Å². The number of amides is 4. The van der Waals surface area contributed by atoms with Gasteiger partial charge in [0.25, 0.3) is 11.8 Å². The van der Waals surface area contributed by atoms with E-state index in [2.05, 4.69) is 95.7 Å². The predicted molar refractivity (Wildman–Crippen MR) is 278 cm³/mol. The summed E-state index contributed by atoms with van der Waals surface area (Å²) in [5.41, 5.74) is 9.32. The second-order valence-corrected chi connectivity index (χ2v) is 17.5. The molecule has 4 N–H and O–H groups in total. The van der Waals surface area contributed by atoms with Gasteiger partial charge in [0.05, 0.1) is 6.61 Å². The summed E-state index contributed by atoms with van der Waals surface area (Å²) in [4.78, 5) is 105. The van der Waals surface area contributed by atoms with Gasteiger partial charge in [-0.05, 0) is 76.4 Å². The highest BCUT2D eigenvalue weighted by Gasteiger charge is 2.21. The Morgan fingerprint density at radius 2 is 1.22 bits per heavy atom. The van der Waals surface area contributed by atoms with E-state index < -0.39 is 40.9 Å². The monoisotopic (exact) mass is 1130 g/mol. The van der Waals surface area contributed by atoms with Gasteiger partial charge in [0.1, 0.15) is 25.6 Å². The zero-order chi connectivity index (χ0) is 56.6. The first-order valence-corrected chi connectivity index (χ1v) is 24.6. The number of nitrogens with zero attached hydrogens (tertiary/aromatic N) is 16. The summed E-state index contributed by atoms with van der Waals surface area (Å²) in [6, 6.07) is 0. The SMILES string of the molecule is C=C(C)[C@@H]1CC=C(CO)CC1.CC(C)=C1CC=C(COC(=O)NC(=O)c2ncn3c(=O)n(C)nnc23)CC1.ClCCCl.ClCCCl.Cn1nnc2c(C(=O)N=C=O)ncn2c1=O.Cn1nnc2c(C(N)=O)ncn2c1=O. The van der Waals surface area contributed by atoms with Gasteiger partial charge in [0.15, 0.2) is 34.0 Å². The molecular formula is C44H54Cl4N18O10. The molecule has 6 aromatic heterocycles. The number of halogens is 4. The smallest absolute Gasteiger partial charge is 0.414 e. The number of imidazole rings is 3. The highest BCUT2D eigenvalue weighted by atomic mass is 35.5. The molecule has 0 aromatic carbocycles. The van der Waals surface area contributed by atoms with Crippen molar-refractivity contribution in [3.05, 3.63) is 114 Å². The molecule has 1 atom stereocenters. The first kappa shape index (κ1) is 62.7. The summed E-state index contributed by atoms with van der Waals surface area (Å²) in [5, 5.41) is 32.5. The number of aliphatic hydroxyl groups excluding tert-OH is 1. The topological polar surface area (TPSA) is 360 Å². The lowest BCUT2D eigenvalue weighted by Gasteiger charge is -2.20. The van der Waals surface area contributed by atoms with Crippen LogP contribution < -0.4 is 28.1 Å². The molecule has 0 spiro atoms. The largest absolute Gasteiger partial charge is 0.445 e. The number of hydrogen-bond acceptors (Lipinski definition) is 19. The molecule has 6 heterocycles. The molecule has 0 bridgehead atoms. The number of primary amides is 1. The standard InChI is InChI=1S/C17H20N6O4.C10H16O.C7H4N6O3.C6H6N6O2.2C2H4Cl2/c1-10(2)12-6-4-11(5-7-12)8-27-16(25)19-15(24)13-14-20-21-22(3)17(26)23(14)9-18-13;1-8(2)10-5-3-9(7-11)4-6-10;1-12-7(16)13-2-8-4(5(13)10-11-12)6(15)9-3-14;1-11-6(14)12-2-8-3(4(7)13)5(12)9-10-11;2*3-1-2-4/h4,9H,5-8H2,1-3H3,(H,19,24,25);3,10-11H,1,4-7H2,2H3;2H,1H3;2H,1H3,(H2,7,13);2*1-2H2/t;10-;;;;/m.1..../s1. The number of ether oxygens (including phenoxy) is 1. The minimum absolute atomic E-state index is 0.0346. The van der Waals surface area contributed by atoms with Crippen molar-refractivity contribution in [2.75, 3.05) is 36.7 Å². The normalized spacial score (nSPS) is 13.4. The van der Waals surface area contributed by atoms with E-state index in [1.165, 1.54) is 56.2 Å². The quantitative estimate of drug-likeness (QED) is 0.0810. The van der Waals surface area contributed by atoms with E-state index in [-0.39, 0.29) is 47.2 Å². The van der Waals surface area contributed by atoms with Crippen LogP contribution in [0.5, 0.6) is 0 Å². The van der Waals surface area contributed by atoms with Gasteiger partial charge < -0.3 is 15.6 Å². The van der Waals surface area contributed by atoms with E-state index in [0.717, 1.165) is 83.7 Å². The van der Waals surface area contributed by atoms with Crippen LogP contribution >= 0.6 is 46.4 Å². The molecule has 6 aromatic rings. The number of aliphatic hydroxyl groups is 1. The summed E-state index contributed by atoms with van der Waals surface area (Å²) in [5.74, 6) is 0.418. The number of aromatic nitrogens is 15. The first-order chi connectivity index (χ1) is 36.2. The number of nitrogens with two attached hydrogens (primary N) is 1. The maximum Gasteiger partial charge on any atom is 0.414 e. The Balaban J connectivity index is 0.000000267. The van der Waals surface area contributed by atoms with E-state index in [1.807, 2.05) is 0 Å². The average Bonchev–Trinajstić information content (AvgIpc) is 4.18. The zero-order valence-corrected chi connectivity index (χ0v) is 45.0. The fourth-order valence-electron chi connectivity index (χ4n) is 6.42. The average molecular weight is 1140 g/mol. The van der Waals surface area contributed by atoms with Gasteiger partial charge in [-0.1, -0.05) is 51.1 Å². The zero-order valence-electron chi connectivity index (χ0n) is 42.0. The van der Waals surface area contributed by atoms with Gasteiger partial charge in [-0.25, -0.2) is 52.1 Å². The van der Waals surface area contributed by atoms with E-state index in [1.54, 1.807) is 0 Å². The number of nitrogens with one attached hydrogen (secondary N) is 1. The van der Waals surface area contributed by atoms with Gasteiger partial charge in [-0.2, -0.15) is 14.0 Å². The van der Waals surface area contributed by atoms with Crippen LogP contribution in [0.3, 0.4) is 0 Å². The molecule has 32 heteroatoms. The molecule has 0 unspecified atom stereocenters. The van der Waals surface area contributed by atoms with E-state index >= 15 is 0 Å². The lowest BCUT2D eigenvalue weighted by molar-refractivity contribution is 0.0921. The number of imide groups is 1. The third-order valence-electron chi connectivity index (χ3n) is 10.5. The Morgan fingerprint density at radius 1 is 0.750 bits per heavy atom. The molecule has 8 rings (SSSR count). The van der Waals surface area contributed by atoms with Crippen LogP contribution in [0, 0.1) is 5.92 Å². The van der Waals surface area contributed by atoms with Crippen molar-refractivity contribution in [1.82, 2.24) is 78.5 Å². The van der Waals surface area contributed by atoms with Crippen molar-refractivity contribution in [3.63, 3.8) is 0 Å². The summed E-state index contributed by atoms with van der Waals surface area (Å²) in [6.07, 6.45) is 13.8. The van der Waals surface area contributed by atoms with Crippen molar-refractivity contribution in [2.24, 2.45) is 37.8 Å². The van der Waals surface area contributed by atoms with E-state index in [9.17, 15) is 38.4 Å². The second-order valence-electron chi connectivity index (χ2n) is 16.0. The third-order valence-corrected chi connectivity index (χ3v) is 11.7. The van der Waals surface area contributed by atoms with Crippen LogP contribution in [0.1, 0.15) is 90.8 Å². The highest BCUT2D eigenvalue weighted by molar-refractivity contribution is 6.26. The van der Waals surface area contributed by atoms with Gasteiger partial charge in [-0.3, -0.25) is 19.7 Å². The van der Waals surface area contributed by atoms with Crippen molar-refractivity contribution in [1.29, 1.82) is 0 Å². The summed E-state index contributed by atoms with van der Waals surface area (Å²) < 4.78 is 11.3. The Bertz CT molecular complexity index is 3350. The van der Waals surface area contributed by atoms with Gasteiger partial charge >= 0.3 is 29.1 Å². The van der Waals surface area contributed by atoms with Gasteiger partial charge in [-0.15, -0.1) is 66.7 Å². The minimum atomic E-state index is -0.917. The number of allylic oxidation sites excluding steroid dienone is 5. The molecular weight excluding hydrogens is 1080 g/mol. The fraction of sp³-hybridized carbons (Fsp3) is 0.432. The molecule has 0 radical (unpaired) electrons. The van der Waals surface area contributed by atoms with E-state index in [0.29, 0.717) is 29.4 Å². The maximum absolute atomic E-state index is 12.2. The molecule has 0 saturated heterocycles. The fourth-order valence-corrected chi connectivity index (χ4v) is 6.42. The number of alkyl halides is 4. The lowest BCUT2D eigenvalue weighted by atomic mass is 9.86. The van der Waals surface area contributed by atoms with E-state index in [4.69, 9.17) is 62.0 Å². The lowest BCUT2D eigenvalue weighted by Crippen LogP contribution is -2.33. The highest BCUT2D eigenvalue weighted by Crippen LogP contribution is 2.28. The Kier molecular flexibility index (Phi) is 25.8. The van der Waals surface area contributed by atoms with Crippen LogP contribution in [0.25, 0.3) is 16.9 Å². The number of rotatable bonds is 9. The van der Waals surface area contributed by atoms with Crippen molar-refractivity contribution < 1.29 is 33.8 Å². The van der Waals surface area contributed by atoms with Crippen LogP contribution in [-0.4, -0.2) is 145 Å². The number of hydrogen-bond donors (Lipinski definition) is 3. The summed E-state index contributed by atoms with van der Waals surface area (Å²) >= 11 is 20.2. The molecule has 0 aliphatic heterocycles. The molecule has 28 nitrogen and oxygen atoms in total. The molecule has 0 fully saturated rings. The number of aliphatic imine (C=N–C) groups is 1. The summed E-state index contributed by atoms with van der Waals surface area (Å²) in [6.45, 7) is 10.6. The Hall–Kier alpha value is -7.62. The molecule has 4 amide bonds. The van der Waals surface area contributed by atoms with Crippen molar-refractivity contribution in [2.45, 2.75) is 59.3 Å². The molecule has 76 heavy (non-hydrogen) atoms. The van der Waals surface area contributed by atoms with Gasteiger partial charge in [0, 0.05) is 44.7 Å². The number of alkyl carbamates (subject to hydrolysis) is 1. The van der Waals surface area contributed by atoms with Crippen molar-refractivity contribution in [3.8, 4) is 0 Å². The third kappa shape index (κ3) is 17.8. The second kappa shape index (κ2) is 31.3. The summed E-state index contributed by atoms with van der Waals surface area (Å²) in [7, 11) is 4.27. The predicted octanol–water partition coefficient (Wildman–Crippen LogP) is 2.57. The molecule has 408 valence electrons.